The Balaban J connectivity index is 1.76. The Morgan fingerprint density at radius 3 is 2.24 bits per heavy atom. The van der Waals surface area contributed by atoms with E-state index in [0.29, 0.717) is 18.0 Å². The Morgan fingerprint density at radius 2 is 1.62 bits per heavy atom. The van der Waals surface area contributed by atoms with Crippen LogP contribution in [0.25, 0.3) is 0 Å². The molecule has 2 aromatic rings. The van der Waals surface area contributed by atoms with E-state index in [1.807, 2.05) is 6.92 Å². The average molecular weight is 399 g/mol. The summed E-state index contributed by atoms with van der Waals surface area (Å²) in [6.45, 7) is 5.89. The molecule has 0 atom stereocenters. The molecule has 0 fully saturated rings. The molecule has 8 heteroatoms. The standard InChI is InChI=1S/C21H25N3O5/c1-4-27-18-11-7-17(8-12-18)23-21(26)24-22-13-16-5-9-19(10-6-16)28-14-20(25)29-15(2)3/h5-13,15H,4,14H2,1-3H3,(H2,23,24,26)/b22-13+. The molecular formula is C21H25N3O5. The van der Waals surface area contributed by atoms with Gasteiger partial charge in [0.15, 0.2) is 6.61 Å². The predicted octanol–water partition coefficient (Wildman–Crippen LogP) is 3.57. The van der Waals surface area contributed by atoms with E-state index in [1.165, 1.54) is 6.21 Å². The van der Waals surface area contributed by atoms with Crippen LogP contribution in [0.15, 0.2) is 53.6 Å². The van der Waals surface area contributed by atoms with E-state index in [2.05, 4.69) is 15.8 Å². The predicted molar refractivity (Wildman–Crippen MR) is 111 cm³/mol. The van der Waals surface area contributed by atoms with E-state index in [0.717, 1.165) is 11.3 Å². The molecule has 0 aliphatic rings. The molecule has 0 spiro atoms. The molecule has 0 aromatic heterocycles. The van der Waals surface area contributed by atoms with E-state index in [4.69, 9.17) is 14.2 Å². The summed E-state index contributed by atoms with van der Waals surface area (Å²) in [5, 5.41) is 6.56. The monoisotopic (exact) mass is 399 g/mol. The summed E-state index contributed by atoms with van der Waals surface area (Å²) in [5.41, 5.74) is 3.76. The molecule has 154 valence electrons. The molecule has 2 aromatic carbocycles. The fourth-order valence-corrected chi connectivity index (χ4v) is 2.21. The highest BCUT2D eigenvalue weighted by Gasteiger charge is 2.06. The van der Waals surface area contributed by atoms with Crippen molar-refractivity contribution in [2.75, 3.05) is 18.5 Å². The molecule has 0 bridgehead atoms. The molecule has 0 saturated heterocycles. The number of nitrogens with one attached hydrogen (secondary N) is 2. The minimum atomic E-state index is -0.464. The van der Waals surface area contributed by atoms with Crippen LogP contribution >= 0.6 is 0 Å². The summed E-state index contributed by atoms with van der Waals surface area (Å²) >= 11 is 0. The summed E-state index contributed by atoms with van der Waals surface area (Å²) in [5.74, 6) is 0.846. The van der Waals surface area contributed by atoms with Crippen molar-refractivity contribution in [3.8, 4) is 11.5 Å². The quantitative estimate of drug-likeness (QED) is 0.382. The zero-order chi connectivity index (χ0) is 21.1. The molecule has 0 aliphatic carbocycles. The molecule has 2 N–H and O–H groups in total. The van der Waals surface area contributed by atoms with Crippen LogP contribution in [0.3, 0.4) is 0 Å². The number of carbonyl (C=O) groups is 2. The van der Waals surface area contributed by atoms with Crippen LogP contribution in [0.4, 0.5) is 10.5 Å². The molecule has 8 nitrogen and oxygen atoms in total. The number of nitrogens with zero attached hydrogens (tertiary/aromatic N) is 1. The van der Waals surface area contributed by atoms with E-state index in [9.17, 15) is 9.59 Å². The zero-order valence-corrected chi connectivity index (χ0v) is 16.7. The lowest BCUT2D eigenvalue weighted by Gasteiger charge is -2.09. The van der Waals surface area contributed by atoms with Gasteiger partial charge in [0.05, 0.1) is 18.9 Å². The summed E-state index contributed by atoms with van der Waals surface area (Å²) in [4.78, 5) is 23.3. The first-order chi connectivity index (χ1) is 14.0. The maximum atomic E-state index is 11.9. The second-order valence-electron chi connectivity index (χ2n) is 6.18. The number of esters is 1. The molecule has 2 amide bonds. The molecule has 29 heavy (non-hydrogen) atoms. The van der Waals surface area contributed by atoms with Gasteiger partial charge in [0.2, 0.25) is 0 Å². The van der Waals surface area contributed by atoms with Crippen molar-refractivity contribution in [2.45, 2.75) is 26.9 Å². The van der Waals surface area contributed by atoms with Gasteiger partial charge in [-0.15, -0.1) is 0 Å². The number of benzene rings is 2. The Labute approximate surface area is 169 Å². The summed E-state index contributed by atoms with van der Waals surface area (Å²) in [7, 11) is 0. The summed E-state index contributed by atoms with van der Waals surface area (Å²) in [6, 6.07) is 13.5. The Kier molecular flexibility index (Phi) is 8.50. The van der Waals surface area contributed by atoms with Gasteiger partial charge < -0.3 is 19.5 Å². The van der Waals surface area contributed by atoms with Crippen LogP contribution in [0.2, 0.25) is 0 Å². The largest absolute Gasteiger partial charge is 0.494 e. The SMILES string of the molecule is CCOc1ccc(NC(=O)N/N=C/c2ccc(OCC(=O)OC(C)C)cc2)cc1. The van der Waals surface area contributed by atoms with Crippen LogP contribution in [-0.4, -0.2) is 37.5 Å². The van der Waals surface area contributed by atoms with Crippen molar-refractivity contribution in [3.05, 3.63) is 54.1 Å². The topological polar surface area (TPSA) is 98.3 Å². The summed E-state index contributed by atoms with van der Waals surface area (Å²) < 4.78 is 15.7. The normalized spacial score (nSPS) is 10.6. The Morgan fingerprint density at radius 1 is 1.00 bits per heavy atom. The zero-order valence-electron chi connectivity index (χ0n) is 16.7. The van der Waals surface area contributed by atoms with Gasteiger partial charge in [-0.05, 0) is 74.9 Å². The van der Waals surface area contributed by atoms with Gasteiger partial charge in [-0.2, -0.15) is 5.10 Å². The molecule has 2 rings (SSSR count). The number of ether oxygens (including phenoxy) is 3. The number of rotatable bonds is 9. The van der Waals surface area contributed by atoms with Crippen LogP contribution in [-0.2, 0) is 9.53 Å². The number of amides is 2. The first kappa shape index (κ1) is 21.7. The fourth-order valence-electron chi connectivity index (χ4n) is 2.21. The van der Waals surface area contributed by atoms with Gasteiger partial charge in [0, 0.05) is 5.69 Å². The van der Waals surface area contributed by atoms with E-state index < -0.39 is 12.0 Å². The molecule has 0 heterocycles. The van der Waals surface area contributed by atoms with Gasteiger partial charge >= 0.3 is 12.0 Å². The van der Waals surface area contributed by atoms with Gasteiger partial charge in [-0.3, -0.25) is 0 Å². The lowest BCUT2D eigenvalue weighted by molar-refractivity contribution is -0.149. The lowest BCUT2D eigenvalue weighted by Crippen LogP contribution is -2.24. The molecule has 0 radical (unpaired) electrons. The maximum Gasteiger partial charge on any atom is 0.344 e. The first-order valence-corrected chi connectivity index (χ1v) is 9.21. The van der Waals surface area contributed by atoms with Crippen molar-refractivity contribution in [1.29, 1.82) is 0 Å². The maximum absolute atomic E-state index is 11.9. The van der Waals surface area contributed by atoms with Crippen LogP contribution < -0.4 is 20.2 Å². The number of anilines is 1. The second kappa shape index (κ2) is 11.3. The second-order valence-corrected chi connectivity index (χ2v) is 6.18. The van der Waals surface area contributed by atoms with Crippen molar-refractivity contribution < 1.29 is 23.8 Å². The van der Waals surface area contributed by atoms with E-state index in [-0.39, 0.29) is 12.7 Å². The van der Waals surface area contributed by atoms with E-state index >= 15 is 0 Å². The molecule has 0 aliphatic heterocycles. The number of hydrazone groups is 1. The third-order valence-electron chi connectivity index (χ3n) is 3.41. The minimum Gasteiger partial charge on any atom is -0.494 e. The summed E-state index contributed by atoms with van der Waals surface area (Å²) in [6.07, 6.45) is 1.32. The average Bonchev–Trinajstić information content (AvgIpc) is 2.68. The molecule has 0 saturated carbocycles. The first-order valence-electron chi connectivity index (χ1n) is 9.21. The van der Waals surface area contributed by atoms with Gasteiger partial charge in [-0.25, -0.2) is 15.0 Å². The highest BCUT2D eigenvalue weighted by Crippen LogP contribution is 2.15. The highest BCUT2D eigenvalue weighted by atomic mass is 16.6. The van der Waals surface area contributed by atoms with Crippen molar-refractivity contribution in [2.24, 2.45) is 5.10 Å². The highest BCUT2D eigenvalue weighted by molar-refractivity contribution is 5.90. The fraction of sp³-hybridized carbons (Fsp3) is 0.286. The van der Waals surface area contributed by atoms with E-state index in [1.54, 1.807) is 62.4 Å². The van der Waals surface area contributed by atoms with Crippen molar-refractivity contribution >= 4 is 23.9 Å². The van der Waals surface area contributed by atoms with Crippen molar-refractivity contribution in [3.63, 3.8) is 0 Å². The Bertz CT molecular complexity index is 817. The minimum absolute atomic E-state index is 0.154. The van der Waals surface area contributed by atoms with Crippen molar-refractivity contribution in [1.82, 2.24) is 5.43 Å². The van der Waals surface area contributed by atoms with Gasteiger partial charge in [-0.1, -0.05) is 0 Å². The smallest absolute Gasteiger partial charge is 0.344 e. The molecular weight excluding hydrogens is 374 g/mol. The van der Waals surface area contributed by atoms with Crippen LogP contribution in [0, 0.1) is 0 Å². The number of carbonyl (C=O) groups excluding carboxylic acids is 2. The Hall–Kier alpha value is -3.55. The lowest BCUT2D eigenvalue weighted by atomic mass is 10.2. The number of hydrogen-bond acceptors (Lipinski definition) is 6. The van der Waals surface area contributed by atoms with Gasteiger partial charge in [0.25, 0.3) is 0 Å². The van der Waals surface area contributed by atoms with Crippen LogP contribution in [0.5, 0.6) is 11.5 Å². The number of hydrogen-bond donors (Lipinski definition) is 2. The van der Waals surface area contributed by atoms with Gasteiger partial charge in [0.1, 0.15) is 11.5 Å². The number of urea groups is 1. The molecule has 0 unspecified atom stereocenters. The third kappa shape index (κ3) is 8.34. The van der Waals surface area contributed by atoms with Crippen LogP contribution in [0.1, 0.15) is 26.3 Å². The third-order valence-corrected chi connectivity index (χ3v) is 3.41.